The molecule has 4 nitrogen and oxygen atoms in total. The molecule has 2 heterocycles. The molecule has 0 spiro atoms. The number of piperidine rings is 1. The van der Waals surface area contributed by atoms with Crippen LogP contribution in [-0.2, 0) is 0 Å². The van der Waals surface area contributed by atoms with Crippen LogP contribution in [0.3, 0.4) is 0 Å². The quantitative estimate of drug-likeness (QED) is 0.727. The van der Waals surface area contributed by atoms with E-state index >= 15 is 0 Å². The summed E-state index contributed by atoms with van der Waals surface area (Å²) in [5.74, 6) is 0.415. The largest absolute Gasteiger partial charge is 0.364 e. The van der Waals surface area contributed by atoms with Gasteiger partial charge in [0.2, 0.25) is 0 Å². The maximum atomic E-state index is 12.0. The molecule has 2 rings (SSSR count). The molecule has 1 aromatic heterocycles. The highest BCUT2D eigenvalue weighted by Crippen LogP contribution is 2.19. The molecule has 1 aromatic rings. The summed E-state index contributed by atoms with van der Waals surface area (Å²) in [6, 6.07) is 1.73. The monoisotopic (exact) mass is 228 g/mol. The molecule has 1 atom stereocenters. The topological polar surface area (TPSA) is 46.3 Å². The van der Waals surface area contributed by atoms with Crippen molar-refractivity contribution in [1.82, 2.24) is 10.1 Å². The van der Waals surface area contributed by atoms with Gasteiger partial charge in [0.25, 0.3) is 5.91 Å². The van der Waals surface area contributed by atoms with Crippen molar-refractivity contribution >= 4 is 17.5 Å². The number of hydrogen-bond acceptors (Lipinski definition) is 3. The molecule has 1 amide bonds. The van der Waals surface area contributed by atoms with Crippen molar-refractivity contribution in [2.45, 2.75) is 25.3 Å². The molecule has 0 N–H and O–H groups in total. The predicted molar refractivity (Wildman–Crippen MR) is 55.9 cm³/mol. The lowest BCUT2D eigenvalue weighted by Gasteiger charge is -2.33. The van der Waals surface area contributed by atoms with E-state index in [1.165, 1.54) is 6.26 Å². The van der Waals surface area contributed by atoms with Crippen molar-refractivity contribution in [3.63, 3.8) is 0 Å². The first-order valence-electron chi connectivity index (χ1n) is 5.10. The van der Waals surface area contributed by atoms with Crippen molar-refractivity contribution in [2.75, 3.05) is 12.4 Å². The second-order valence-electron chi connectivity index (χ2n) is 3.69. The molecule has 0 saturated carbocycles. The number of carbonyl (C=O) groups is 1. The first-order chi connectivity index (χ1) is 7.33. The number of hydrogen-bond donors (Lipinski definition) is 0. The number of alkyl halides is 1. The SMILES string of the molecule is O=C(c1ccon1)N1CCCCC1CCl. The van der Waals surface area contributed by atoms with Crippen LogP contribution in [0.5, 0.6) is 0 Å². The molecule has 0 aromatic carbocycles. The van der Waals surface area contributed by atoms with Gasteiger partial charge in [-0.1, -0.05) is 5.16 Å². The van der Waals surface area contributed by atoms with Gasteiger partial charge < -0.3 is 9.42 Å². The van der Waals surface area contributed by atoms with Crippen LogP contribution >= 0.6 is 11.6 Å². The zero-order chi connectivity index (χ0) is 10.7. The zero-order valence-electron chi connectivity index (χ0n) is 8.36. The Morgan fingerprint density at radius 1 is 1.67 bits per heavy atom. The van der Waals surface area contributed by atoms with Gasteiger partial charge in [-0.2, -0.15) is 0 Å². The van der Waals surface area contributed by atoms with Gasteiger partial charge in [0, 0.05) is 24.5 Å². The lowest BCUT2D eigenvalue weighted by atomic mass is 10.0. The van der Waals surface area contributed by atoms with E-state index in [1.54, 1.807) is 11.0 Å². The maximum Gasteiger partial charge on any atom is 0.276 e. The third-order valence-corrected chi connectivity index (χ3v) is 3.08. The van der Waals surface area contributed by atoms with Crippen molar-refractivity contribution < 1.29 is 9.32 Å². The molecular formula is C10H13ClN2O2. The summed E-state index contributed by atoms with van der Waals surface area (Å²) in [5, 5.41) is 3.65. The van der Waals surface area contributed by atoms with Gasteiger partial charge in [-0.25, -0.2) is 0 Å². The second-order valence-corrected chi connectivity index (χ2v) is 4.00. The van der Waals surface area contributed by atoms with Crippen LogP contribution in [-0.4, -0.2) is 34.4 Å². The zero-order valence-corrected chi connectivity index (χ0v) is 9.11. The Balaban J connectivity index is 2.11. The van der Waals surface area contributed by atoms with Crippen molar-refractivity contribution in [3.8, 4) is 0 Å². The number of amides is 1. The van der Waals surface area contributed by atoms with Crippen LogP contribution in [0, 0.1) is 0 Å². The Kier molecular flexibility index (Phi) is 3.26. The Hall–Kier alpha value is -1.03. The third kappa shape index (κ3) is 2.15. The van der Waals surface area contributed by atoms with E-state index in [1.807, 2.05) is 0 Å². The molecule has 1 unspecified atom stereocenters. The van der Waals surface area contributed by atoms with E-state index in [0.29, 0.717) is 11.6 Å². The molecule has 5 heteroatoms. The summed E-state index contributed by atoms with van der Waals surface area (Å²) in [7, 11) is 0. The van der Waals surface area contributed by atoms with Gasteiger partial charge in [-0.05, 0) is 19.3 Å². The van der Waals surface area contributed by atoms with Crippen LogP contribution < -0.4 is 0 Å². The van der Waals surface area contributed by atoms with E-state index in [9.17, 15) is 4.79 Å². The number of carbonyl (C=O) groups excluding carboxylic acids is 1. The van der Waals surface area contributed by atoms with E-state index in [4.69, 9.17) is 11.6 Å². The lowest BCUT2D eigenvalue weighted by Crippen LogP contribution is -2.44. The first kappa shape index (κ1) is 10.5. The van der Waals surface area contributed by atoms with Gasteiger partial charge in [0.05, 0.1) is 0 Å². The Bertz CT molecular complexity index is 326. The number of halogens is 1. The summed E-state index contributed by atoms with van der Waals surface area (Å²) in [6.45, 7) is 0.767. The highest BCUT2D eigenvalue weighted by Gasteiger charge is 2.27. The highest BCUT2D eigenvalue weighted by atomic mass is 35.5. The van der Waals surface area contributed by atoms with Crippen LogP contribution in [0.2, 0.25) is 0 Å². The Morgan fingerprint density at radius 3 is 3.20 bits per heavy atom. The molecule has 1 fully saturated rings. The summed E-state index contributed by atoms with van der Waals surface area (Å²) in [4.78, 5) is 13.8. The van der Waals surface area contributed by atoms with Gasteiger partial charge in [-0.15, -0.1) is 11.6 Å². The summed E-state index contributed by atoms with van der Waals surface area (Å²) in [5.41, 5.74) is 0.368. The maximum absolute atomic E-state index is 12.0. The fourth-order valence-electron chi connectivity index (χ4n) is 1.90. The highest BCUT2D eigenvalue weighted by molar-refractivity contribution is 6.18. The number of nitrogens with zero attached hydrogens (tertiary/aromatic N) is 2. The average molecular weight is 229 g/mol. The third-order valence-electron chi connectivity index (χ3n) is 2.72. The molecule has 1 aliphatic heterocycles. The first-order valence-corrected chi connectivity index (χ1v) is 5.63. The Morgan fingerprint density at radius 2 is 2.53 bits per heavy atom. The van der Waals surface area contributed by atoms with Gasteiger partial charge in [0.1, 0.15) is 6.26 Å². The lowest BCUT2D eigenvalue weighted by molar-refractivity contribution is 0.0628. The average Bonchev–Trinajstić information content (AvgIpc) is 2.81. The van der Waals surface area contributed by atoms with Gasteiger partial charge in [-0.3, -0.25) is 4.79 Å². The molecule has 0 bridgehead atoms. The molecule has 1 saturated heterocycles. The minimum Gasteiger partial charge on any atom is -0.364 e. The summed E-state index contributed by atoms with van der Waals surface area (Å²) >= 11 is 5.84. The van der Waals surface area contributed by atoms with Gasteiger partial charge >= 0.3 is 0 Å². The smallest absolute Gasteiger partial charge is 0.276 e. The van der Waals surface area contributed by atoms with Gasteiger partial charge in [0.15, 0.2) is 5.69 Å². The van der Waals surface area contributed by atoms with Crippen LogP contribution in [0.4, 0.5) is 0 Å². The van der Waals surface area contributed by atoms with Crippen molar-refractivity contribution in [1.29, 1.82) is 0 Å². The van der Waals surface area contributed by atoms with Crippen LogP contribution in [0.15, 0.2) is 16.9 Å². The standard InChI is InChI=1S/C10H13ClN2O2/c11-7-8-3-1-2-5-13(8)10(14)9-4-6-15-12-9/h4,6,8H,1-3,5,7H2. The van der Waals surface area contributed by atoms with E-state index in [-0.39, 0.29) is 11.9 Å². The molecule has 82 valence electrons. The van der Waals surface area contributed by atoms with Crippen molar-refractivity contribution in [3.05, 3.63) is 18.0 Å². The van der Waals surface area contributed by atoms with Crippen molar-refractivity contribution in [2.24, 2.45) is 0 Å². The molecular weight excluding hydrogens is 216 g/mol. The molecule has 15 heavy (non-hydrogen) atoms. The fourth-order valence-corrected chi connectivity index (χ4v) is 2.22. The van der Waals surface area contributed by atoms with Crippen LogP contribution in [0.1, 0.15) is 29.8 Å². The molecule has 0 aliphatic carbocycles. The normalized spacial score (nSPS) is 21.7. The fraction of sp³-hybridized carbons (Fsp3) is 0.600. The van der Waals surface area contributed by atoms with E-state index in [2.05, 4.69) is 9.68 Å². The predicted octanol–water partition coefficient (Wildman–Crippen LogP) is 1.91. The second kappa shape index (κ2) is 4.66. The van der Waals surface area contributed by atoms with E-state index < -0.39 is 0 Å². The van der Waals surface area contributed by atoms with Crippen LogP contribution in [0.25, 0.3) is 0 Å². The Labute approximate surface area is 93.2 Å². The molecule has 0 radical (unpaired) electrons. The number of likely N-dealkylation sites (tertiary alicyclic amines) is 1. The number of rotatable bonds is 2. The minimum atomic E-state index is -0.0749. The summed E-state index contributed by atoms with van der Waals surface area (Å²) in [6.07, 6.45) is 4.57. The number of aromatic nitrogens is 1. The summed E-state index contributed by atoms with van der Waals surface area (Å²) < 4.78 is 4.66. The van der Waals surface area contributed by atoms with E-state index in [0.717, 1.165) is 25.8 Å². The minimum absolute atomic E-state index is 0.0749. The molecule has 1 aliphatic rings.